The number of hydrogen-bond acceptors (Lipinski definition) is 2. The van der Waals surface area contributed by atoms with Gasteiger partial charge >= 0.3 is 0 Å². The average Bonchev–Trinajstić information content (AvgIpc) is 2.64. The van der Waals surface area contributed by atoms with E-state index in [0.29, 0.717) is 0 Å². The highest BCUT2D eigenvalue weighted by molar-refractivity contribution is 9.10. The third-order valence-electron chi connectivity index (χ3n) is 2.02. The van der Waals surface area contributed by atoms with Gasteiger partial charge in [0.25, 0.3) is 0 Å². The van der Waals surface area contributed by atoms with E-state index in [1.54, 1.807) is 13.4 Å². The Morgan fingerprint density at radius 3 is 2.67 bits per heavy atom. The third kappa shape index (κ3) is 2.08. The fourth-order valence-electron chi connectivity index (χ4n) is 1.29. The number of halogens is 2. The fraction of sp³-hybridized carbons (Fsp3) is 0.100. The summed E-state index contributed by atoms with van der Waals surface area (Å²) in [6.45, 7) is 0. The van der Waals surface area contributed by atoms with Crippen LogP contribution in [0.4, 0.5) is 0 Å². The van der Waals surface area contributed by atoms with Gasteiger partial charge in [-0.2, -0.15) is 0 Å². The van der Waals surface area contributed by atoms with Crippen LogP contribution in [0.15, 0.2) is 33.6 Å². The van der Waals surface area contributed by atoms with Crippen LogP contribution in [0.2, 0.25) is 0 Å². The van der Waals surface area contributed by atoms with Crippen molar-refractivity contribution in [1.82, 2.24) is 9.97 Å². The van der Waals surface area contributed by atoms with Crippen molar-refractivity contribution in [2.75, 3.05) is 7.11 Å². The van der Waals surface area contributed by atoms with Gasteiger partial charge in [-0.05, 0) is 50.1 Å². The van der Waals surface area contributed by atoms with E-state index in [-0.39, 0.29) is 0 Å². The molecule has 1 aromatic heterocycles. The number of rotatable bonds is 2. The van der Waals surface area contributed by atoms with Gasteiger partial charge in [-0.15, -0.1) is 0 Å². The molecule has 1 aromatic carbocycles. The van der Waals surface area contributed by atoms with Crippen LogP contribution < -0.4 is 4.74 Å². The summed E-state index contributed by atoms with van der Waals surface area (Å²) < 4.78 is 6.95. The van der Waals surface area contributed by atoms with E-state index in [4.69, 9.17) is 4.74 Å². The van der Waals surface area contributed by atoms with Gasteiger partial charge in [0.1, 0.15) is 16.0 Å². The Balaban J connectivity index is 2.47. The van der Waals surface area contributed by atoms with Crippen molar-refractivity contribution in [3.8, 4) is 17.0 Å². The van der Waals surface area contributed by atoms with Crippen molar-refractivity contribution >= 4 is 31.9 Å². The third-order valence-corrected chi connectivity index (χ3v) is 3.24. The van der Waals surface area contributed by atoms with Gasteiger partial charge in [0, 0.05) is 5.56 Å². The van der Waals surface area contributed by atoms with Gasteiger partial charge in [0.05, 0.1) is 17.9 Å². The molecule has 78 valence electrons. The smallest absolute Gasteiger partial charge is 0.133 e. The fourth-order valence-corrected chi connectivity index (χ4v) is 2.27. The number of nitrogens with zero attached hydrogens (tertiary/aromatic N) is 1. The monoisotopic (exact) mass is 330 g/mol. The summed E-state index contributed by atoms with van der Waals surface area (Å²) in [4.78, 5) is 7.19. The molecule has 2 aromatic rings. The van der Waals surface area contributed by atoms with Gasteiger partial charge in [-0.3, -0.25) is 0 Å². The zero-order valence-corrected chi connectivity index (χ0v) is 11.1. The molecule has 0 saturated heterocycles. The number of benzene rings is 1. The number of hydrogen-bond donors (Lipinski definition) is 1. The van der Waals surface area contributed by atoms with Crippen molar-refractivity contribution in [3.63, 3.8) is 0 Å². The van der Waals surface area contributed by atoms with E-state index < -0.39 is 0 Å². The second-order valence-electron chi connectivity index (χ2n) is 2.91. The van der Waals surface area contributed by atoms with Crippen LogP contribution in [-0.2, 0) is 0 Å². The van der Waals surface area contributed by atoms with Crippen LogP contribution in [0.25, 0.3) is 11.3 Å². The minimum absolute atomic E-state index is 0.811. The SMILES string of the molecule is COc1ccc(-c2nc[nH]c2Br)cc1Br. The Bertz CT molecular complexity index is 482. The number of H-pyrrole nitrogens is 1. The molecular weight excluding hydrogens is 324 g/mol. The molecule has 5 heteroatoms. The normalized spacial score (nSPS) is 10.3. The van der Waals surface area contributed by atoms with Crippen LogP contribution in [0.3, 0.4) is 0 Å². The predicted molar refractivity (Wildman–Crippen MR) is 66.0 cm³/mol. The number of nitrogens with one attached hydrogen (secondary N) is 1. The quantitative estimate of drug-likeness (QED) is 0.912. The largest absolute Gasteiger partial charge is 0.496 e. The van der Waals surface area contributed by atoms with Crippen LogP contribution in [0.1, 0.15) is 0 Å². The second-order valence-corrected chi connectivity index (χ2v) is 4.56. The van der Waals surface area contributed by atoms with Crippen LogP contribution in [0.5, 0.6) is 5.75 Å². The molecule has 0 radical (unpaired) electrons. The Morgan fingerprint density at radius 2 is 2.13 bits per heavy atom. The Kier molecular flexibility index (Phi) is 3.11. The van der Waals surface area contributed by atoms with Crippen molar-refractivity contribution < 1.29 is 4.74 Å². The van der Waals surface area contributed by atoms with Crippen molar-refractivity contribution in [3.05, 3.63) is 33.6 Å². The summed E-state index contributed by atoms with van der Waals surface area (Å²) in [7, 11) is 1.64. The number of ether oxygens (including phenoxy) is 1. The summed E-state index contributed by atoms with van der Waals surface area (Å²) in [5.74, 6) is 0.811. The molecule has 0 bridgehead atoms. The van der Waals surface area contributed by atoms with Gasteiger partial charge in [-0.25, -0.2) is 4.98 Å². The molecule has 0 spiro atoms. The second kappa shape index (κ2) is 4.37. The molecular formula is C10H8Br2N2O. The number of imidazole rings is 1. The summed E-state index contributed by atoms with van der Waals surface area (Å²) >= 11 is 6.84. The number of aromatic amines is 1. The van der Waals surface area contributed by atoms with Crippen molar-refractivity contribution in [2.45, 2.75) is 0 Å². The van der Waals surface area contributed by atoms with Gasteiger partial charge in [0.15, 0.2) is 0 Å². The molecule has 1 heterocycles. The Hall–Kier alpha value is -0.810. The molecule has 0 amide bonds. The lowest BCUT2D eigenvalue weighted by atomic mass is 10.2. The Morgan fingerprint density at radius 1 is 1.33 bits per heavy atom. The summed E-state index contributed by atoms with van der Waals surface area (Å²) in [6.07, 6.45) is 1.65. The van der Waals surface area contributed by atoms with E-state index in [1.165, 1.54) is 0 Å². The maximum Gasteiger partial charge on any atom is 0.133 e. The molecule has 2 rings (SSSR count). The maximum absolute atomic E-state index is 5.16. The van der Waals surface area contributed by atoms with Crippen molar-refractivity contribution in [1.29, 1.82) is 0 Å². The zero-order chi connectivity index (χ0) is 10.8. The molecule has 0 fully saturated rings. The first kappa shape index (κ1) is 10.7. The average molecular weight is 332 g/mol. The van der Waals surface area contributed by atoms with Gasteiger partial charge in [-0.1, -0.05) is 0 Å². The highest BCUT2D eigenvalue weighted by atomic mass is 79.9. The standard InChI is InChI=1S/C10H8Br2N2O/c1-15-8-3-2-6(4-7(8)11)9-10(12)14-5-13-9/h2-5H,1H3,(H,13,14). The minimum Gasteiger partial charge on any atom is -0.496 e. The lowest BCUT2D eigenvalue weighted by Gasteiger charge is -2.04. The number of methoxy groups -OCH3 is 1. The predicted octanol–water partition coefficient (Wildman–Crippen LogP) is 3.61. The first-order chi connectivity index (χ1) is 7.22. The lowest BCUT2D eigenvalue weighted by Crippen LogP contribution is -1.85. The van der Waals surface area contributed by atoms with Crippen LogP contribution in [0, 0.1) is 0 Å². The summed E-state index contributed by atoms with van der Waals surface area (Å²) in [5.41, 5.74) is 1.91. The van der Waals surface area contributed by atoms with E-state index in [9.17, 15) is 0 Å². The molecule has 0 aliphatic rings. The van der Waals surface area contributed by atoms with E-state index in [0.717, 1.165) is 26.1 Å². The summed E-state index contributed by atoms with van der Waals surface area (Å²) in [6, 6.07) is 5.84. The topological polar surface area (TPSA) is 37.9 Å². The number of aromatic nitrogens is 2. The molecule has 15 heavy (non-hydrogen) atoms. The Labute approximate surface area is 104 Å². The molecule has 0 unspecified atom stereocenters. The van der Waals surface area contributed by atoms with Gasteiger partial charge < -0.3 is 9.72 Å². The molecule has 0 saturated carbocycles. The van der Waals surface area contributed by atoms with Crippen LogP contribution in [-0.4, -0.2) is 17.1 Å². The summed E-state index contributed by atoms with van der Waals surface area (Å²) in [5, 5.41) is 0. The molecule has 0 aliphatic heterocycles. The first-order valence-corrected chi connectivity index (χ1v) is 5.83. The molecule has 0 aliphatic carbocycles. The lowest BCUT2D eigenvalue weighted by molar-refractivity contribution is 0.412. The van der Waals surface area contributed by atoms with Crippen LogP contribution >= 0.6 is 31.9 Å². The van der Waals surface area contributed by atoms with Crippen molar-refractivity contribution in [2.24, 2.45) is 0 Å². The highest BCUT2D eigenvalue weighted by Crippen LogP contribution is 2.32. The molecule has 1 N–H and O–H groups in total. The maximum atomic E-state index is 5.16. The zero-order valence-electron chi connectivity index (χ0n) is 7.92. The molecule has 0 atom stereocenters. The van der Waals surface area contributed by atoms with Gasteiger partial charge in [0.2, 0.25) is 0 Å². The molecule has 3 nitrogen and oxygen atoms in total. The first-order valence-electron chi connectivity index (χ1n) is 4.25. The van der Waals surface area contributed by atoms with E-state index >= 15 is 0 Å². The minimum atomic E-state index is 0.811. The van der Waals surface area contributed by atoms with E-state index in [2.05, 4.69) is 41.8 Å². The highest BCUT2D eigenvalue weighted by Gasteiger charge is 2.08. The van der Waals surface area contributed by atoms with E-state index in [1.807, 2.05) is 18.2 Å².